The lowest BCUT2D eigenvalue weighted by molar-refractivity contribution is -0.145. The smallest absolute Gasteiger partial charge is 0.302 e. The lowest BCUT2D eigenvalue weighted by Gasteiger charge is -2.46. The lowest BCUT2D eigenvalue weighted by atomic mass is 10.0. The minimum absolute atomic E-state index is 0.00861. The van der Waals surface area contributed by atoms with E-state index in [9.17, 15) is 9.59 Å². The number of tetrazole rings is 1. The zero-order valence-electron chi connectivity index (χ0n) is 10.6. The van der Waals surface area contributed by atoms with Crippen LogP contribution in [0, 0.1) is 0 Å². The number of fused-ring (bicyclic) bond motifs is 1. The predicted molar refractivity (Wildman–Crippen MR) is 69.3 cm³/mol. The van der Waals surface area contributed by atoms with E-state index in [1.165, 1.54) is 18.7 Å². The van der Waals surface area contributed by atoms with E-state index in [0.29, 0.717) is 12.2 Å². The zero-order valence-corrected chi connectivity index (χ0v) is 11.4. The van der Waals surface area contributed by atoms with Gasteiger partial charge in [-0.1, -0.05) is 5.21 Å². The molecule has 0 N–H and O–H groups in total. The average molecular weight is 291 g/mol. The van der Waals surface area contributed by atoms with Crippen molar-refractivity contribution < 1.29 is 14.3 Å². The van der Waals surface area contributed by atoms with Crippen LogP contribution >= 0.6 is 11.8 Å². The molecule has 2 aliphatic heterocycles. The van der Waals surface area contributed by atoms with E-state index in [1.807, 2.05) is 5.41 Å². The molecule has 8 nitrogen and oxygen atoms in total. The predicted octanol–water partition coefficient (Wildman–Crippen LogP) is -0.602. The maximum Gasteiger partial charge on any atom is 0.302 e. The monoisotopic (exact) mass is 291 g/mol. The van der Waals surface area contributed by atoms with E-state index in [-0.39, 0.29) is 23.9 Å². The van der Waals surface area contributed by atoms with Crippen molar-refractivity contribution in [2.45, 2.75) is 24.8 Å². The molecule has 2 aliphatic rings. The molecular weight excluding hydrogens is 281 g/mol. The molecule has 1 aromatic rings. The number of hydrogen-bond donors (Lipinski definition) is 0. The van der Waals surface area contributed by atoms with Crippen molar-refractivity contribution in [3.05, 3.63) is 16.8 Å². The number of carbonyl (C=O) groups is 2. The second-order valence-corrected chi connectivity index (χ2v) is 5.49. The summed E-state index contributed by atoms with van der Waals surface area (Å²) in [6, 6.07) is -0.473. The van der Waals surface area contributed by atoms with E-state index < -0.39 is 6.04 Å². The van der Waals surface area contributed by atoms with E-state index in [1.54, 1.807) is 4.90 Å². The molecule has 0 bridgehead atoms. The van der Waals surface area contributed by atoms with Gasteiger partial charge in [0.1, 0.15) is 12.6 Å². The molecule has 10 heteroatoms. The topological polar surface area (TPSA) is 90.2 Å². The second kappa shape index (κ2) is 4.93. The van der Waals surface area contributed by atoms with Gasteiger partial charge in [-0.2, -0.15) is 0 Å². The van der Waals surface area contributed by atoms with Gasteiger partial charge in [-0.3, -0.25) is 9.59 Å². The number of rotatable bonds is 3. The van der Waals surface area contributed by atoms with Crippen LogP contribution < -0.4 is 0 Å². The minimum Gasteiger partial charge on any atom is -0.461 e. The summed E-state index contributed by atoms with van der Waals surface area (Å²) in [6.45, 7) is 1.42. The molecule has 0 aliphatic carbocycles. The Labute approximate surface area is 119 Å². The van der Waals surface area contributed by atoms with Gasteiger partial charge in [-0.15, -0.1) is 22.0 Å². The second-order valence-electron chi connectivity index (χ2n) is 4.44. The molecule has 1 fully saturated rings. The van der Waals surface area contributed by atoms with Crippen molar-refractivity contribution in [1.82, 2.24) is 25.0 Å². The molecule has 2 radical (unpaired) electrons. The molecule has 102 valence electrons. The molecule has 1 aromatic heterocycles. The highest BCUT2D eigenvalue weighted by atomic mass is 32.2. The number of β-lactam (4-membered cyclic amide) rings is 1. The van der Waals surface area contributed by atoms with Crippen LogP contribution in [0.3, 0.4) is 0 Å². The Morgan fingerprint density at radius 1 is 1.65 bits per heavy atom. The van der Waals surface area contributed by atoms with Gasteiger partial charge in [-0.25, -0.2) is 4.71 Å². The van der Waals surface area contributed by atoms with Gasteiger partial charge < -0.3 is 9.64 Å². The molecule has 0 unspecified atom stereocenters. The van der Waals surface area contributed by atoms with Gasteiger partial charge in [0, 0.05) is 12.5 Å². The van der Waals surface area contributed by atoms with Crippen molar-refractivity contribution in [2.24, 2.45) is 0 Å². The fourth-order valence-electron chi connectivity index (χ4n) is 2.17. The van der Waals surface area contributed by atoms with Crippen LogP contribution in [0.25, 0.3) is 0 Å². The molecule has 1 saturated heterocycles. The molecule has 1 amide bonds. The van der Waals surface area contributed by atoms with E-state index in [4.69, 9.17) is 12.7 Å². The third-order valence-electron chi connectivity index (χ3n) is 3.08. The third kappa shape index (κ3) is 2.19. The Hall–Kier alpha value is -1.84. The average Bonchev–Trinajstić information content (AvgIpc) is 2.81. The summed E-state index contributed by atoms with van der Waals surface area (Å²) in [5.41, 5.74) is 0.738. The number of hydrogen-bond acceptors (Lipinski definition) is 7. The highest BCUT2D eigenvalue weighted by Crippen LogP contribution is 2.45. The molecule has 0 saturated carbocycles. The van der Waals surface area contributed by atoms with Gasteiger partial charge in [0.15, 0.2) is 5.82 Å². The maximum absolute atomic E-state index is 11.8. The first-order chi connectivity index (χ1) is 9.56. The summed E-state index contributed by atoms with van der Waals surface area (Å²) in [7, 11) is 5.40. The van der Waals surface area contributed by atoms with Crippen molar-refractivity contribution >= 4 is 31.6 Å². The Balaban J connectivity index is 1.90. The number of aromatic nitrogens is 4. The molecule has 20 heavy (non-hydrogen) atoms. The molecule has 0 aromatic carbocycles. The summed E-state index contributed by atoms with van der Waals surface area (Å²) < 4.78 is 5.86. The van der Waals surface area contributed by atoms with Crippen LogP contribution in [0.4, 0.5) is 0 Å². The normalized spacial score (nSPS) is 24.8. The van der Waals surface area contributed by atoms with Gasteiger partial charge in [0.05, 0.1) is 11.8 Å². The van der Waals surface area contributed by atoms with E-state index >= 15 is 0 Å². The number of thioether (sulfide) groups is 1. The molecule has 3 heterocycles. The summed E-state index contributed by atoms with van der Waals surface area (Å²) in [5.74, 6) is -0.0549. The van der Waals surface area contributed by atoms with Crippen LogP contribution in [0.5, 0.6) is 0 Å². The standard InChI is InChI=1S/C10H10BN5O3S/c1-5(17)19-3-6-4-20-8-2-7(18)15(8)9(6)10-12-14-16(11)13-10/h4,8-9H,2-3H2,1H3/t8-,9-/m1/s1. The summed E-state index contributed by atoms with van der Waals surface area (Å²) >= 11 is 1.52. The van der Waals surface area contributed by atoms with Crippen LogP contribution in [0.2, 0.25) is 0 Å². The fraction of sp³-hybridized carbons (Fsp3) is 0.500. The first-order valence-corrected chi connectivity index (χ1v) is 6.84. The van der Waals surface area contributed by atoms with E-state index in [2.05, 4.69) is 15.4 Å². The maximum atomic E-state index is 11.8. The van der Waals surface area contributed by atoms with Crippen molar-refractivity contribution in [3.8, 4) is 0 Å². The minimum atomic E-state index is -0.473. The Morgan fingerprint density at radius 2 is 2.45 bits per heavy atom. The van der Waals surface area contributed by atoms with Crippen LogP contribution in [-0.4, -0.2) is 56.9 Å². The van der Waals surface area contributed by atoms with Gasteiger partial charge in [-0.05, 0) is 5.41 Å². The summed E-state index contributed by atoms with van der Waals surface area (Å²) in [6.07, 6.45) is 0.481. The highest BCUT2D eigenvalue weighted by molar-refractivity contribution is 8.02. The number of amides is 1. The zero-order chi connectivity index (χ0) is 14.3. The van der Waals surface area contributed by atoms with E-state index in [0.717, 1.165) is 10.3 Å². The fourth-order valence-corrected chi connectivity index (χ4v) is 3.31. The van der Waals surface area contributed by atoms with Gasteiger partial charge >= 0.3 is 5.97 Å². The quantitative estimate of drug-likeness (QED) is 0.417. The highest BCUT2D eigenvalue weighted by Gasteiger charge is 2.47. The number of ether oxygens (including phenoxy) is 1. The number of esters is 1. The summed E-state index contributed by atoms with van der Waals surface area (Å²) in [4.78, 5) is 24.4. The van der Waals surface area contributed by atoms with Crippen molar-refractivity contribution in [1.29, 1.82) is 0 Å². The Bertz CT molecular complexity index is 603. The Kier molecular flexibility index (Phi) is 3.24. The van der Waals surface area contributed by atoms with Crippen LogP contribution in [0.15, 0.2) is 11.0 Å². The number of nitrogens with zero attached hydrogens (tertiary/aromatic N) is 5. The first-order valence-electron chi connectivity index (χ1n) is 5.90. The van der Waals surface area contributed by atoms with Crippen molar-refractivity contribution in [3.63, 3.8) is 0 Å². The Morgan fingerprint density at radius 3 is 3.05 bits per heavy atom. The van der Waals surface area contributed by atoms with Crippen LogP contribution in [0.1, 0.15) is 25.2 Å². The molecular formula is C10H10BN5O3S. The third-order valence-corrected chi connectivity index (χ3v) is 4.23. The largest absolute Gasteiger partial charge is 0.461 e. The SMILES string of the molecule is [B]n1nnc([C@H]2C(COC(C)=O)=CS[C@@H]3CC(=O)N23)n1. The number of carbonyl (C=O) groups excluding carboxylic acids is 2. The van der Waals surface area contributed by atoms with Gasteiger partial charge in [0.2, 0.25) is 5.91 Å². The first kappa shape index (κ1) is 13.2. The lowest BCUT2D eigenvalue weighted by Crippen LogP contribution is -2.54. The van der Waals surface area contributed by atoms with Gasteiger partial charge in [0.25, 0.3) is 7.98 Å². The summed E-state index contributed by atoms with van der Waals surface area (Å²) in [5, 5.41) is 13.4. The molecule has 3 rings (SSSR count). The molecule has 0 spiro atoms. The van der Waals surface area contributed by atoms with Crippen LogP contribution in [-0.2, 0) is 14.3 Å². The molecule has 2 atom stereocenters. The van der Waals surface area contributed by atoms with Crippen molar-refractivity contribution in [2.75, 3.05) is 6.61 Å².